The van der Waals surface area contributed by atoms with Crippen molar-refractivity contribution in [2.45, 2.75) is 38.0 Å². The lowest BCUT2D eigenvalue weighted by Crippen LogP contribution is -2.43. The second-order valence-corrected chi connectivity index (χ2v) is 8.36. The first-order chi connectivity index (χ1) is 15.3. The molecule has 0 bridgehead atoms. The molecular weight excluding hydrogens is 445 g/mol. The molecule has 0 atom stereocenters. The monoisotopic (exact) mass is 470 g/mol. The molecule has 8 nitrogen and oxygen atoms in total. The fraction of sp³-hybridized carbons (Fsp3) is 0.550. The molecule has 4 heterocycles. The van der Waals surface area contributed by atoms with Gasteiger partial charge >= 0.3 is 12.2 Å². The number of aromatic nitrogens is 3. The highest BCUT2D eigenvalue weighted by Gasteiger charge is 2.35. The number of likely N-dealkylation sites (tertiary alicyclic amines) is 1. The lowest BCUT2D eigenvalue weighted by Gasteiger charge is -2.32. The van der Waals surface area contributed by atoms with Crippen LogP contribution in [0.25, 0.3) is 0 Å². The van der Waals surface area contributed by atoms with Crippen molar-refractivity contribution in [2.24, 2.45) is 0 Å². The zero-order valence-electron chi connectivity index (χ0n) is 17.6. The summed E-state index contributed by atoms with van der Waals surface area (Å²) in [6, 6.07) is 3.84. The van der Waals surface area contributed by atoms with Crippen LogP contribution >= 0.6 is 11.9 Å². The van der Waals surface area contributed by atoms with E-state index in [0.29, 0.717) is 50.6 Å². The van der Waals surface area contributed by atoms with E-state index in [9.17, 15) is 18.0 Å². The number of carbonyl (C=O) groups excluding carboxylic acids is 1. The third-order valence-corrected chi connectivity index (χ3v) is 5.95. The number of halogens is 3. The number of nitrogens with one attached hydrogen (secondary N) is 1. The van der Waals surface area contributed by atoms with Gasteiger partial charge in [-0.05, 0) is 25.0 Å². The minimum atomic E-state index is -4.50. The van der Waals surface area contributed by atoms with E-state index in [1.54, 1.807) is 17.2 Å². The zero-order valence-corrected chi connectivity index (χ0v) is 18.5. The fourth-order valence-corrected chi connectivity index (χ4v) is 4.24. The highest BCUT2D eigenvalue weighted by molar-refractivity contribution is 7.99. The number of pyridine rings is 1. The Bertz CT molecular complexity index is 940. The Kier molecular flexibility index (Phi) is 6.68. The quantitative estimate of drug-likeness (QED) is 0.660. The molecule has 0 unspecified atom stereocenters. The Hall–Kier alpha value is -2.63. The minimum absolute atomic E-state index is 0.203. The van der Waals surface area contributed by atoms with Gasteiger partial charge in [0.25, 0.3) is 0 Å². The third kappa shape index (κ3) is 5.05. The average Bonchev–Trinajstić information content (AvgIpc) is 3.46. The van der Waals surface area contributed by atoms with Gasteiger partial charge in [-0.25, -0.2) is 9.78 Å². The predicted molar refractivity (Wildman–Crippen MR) is 116 cm³/mol. The normalized spacial score (nSPS) is 17.6. The minimum Gasteiger partial charge on any atom is -0.486 e. The molecule has 1 amide bonds. The summed E-state index contributed by atoms with van der Waals surface area (Å²) in [5, 5.41) is 4.20. The maximum atomic E-state index is 13.2. The summed E-state index contributed by atoms with van der Waals surface area (Å²) in [5.74, 6) is 1.22. The molecule has 2 aromatic heterocycles. The molecule has 0 spiro atoms. The number of anilines is 2. The number of alkyl halides is 3. The van der Waals surface area contributed by atoms with Crippen molar-refractivity contribution < 1.29 is 22.7 Å². The van der Waals surface area contributed by atoms with Crippen molar-refractivity contribution >= 4 is 29.6 Å². The molecular formula is C20H25F3N6O2S. The lowest BCUT2D eigenvalue weighted by molar-refractivity contribution is -0.141. The molecule has 2 aliphatic rings. The van der Waals surface area contributed by atoms with Crippen LogP contribution in [0.2, 0.25) is 0 Å². The molecule has 2 saturated heterocycles. The van der Waals surface area contributed by atoms with Gasteiger partial charge < -0.3 is 19.3 Å². The Labute approximate surface area is 188 Å². The molecule has 2 aromatic rings. The summed E-state index contributed by atoms with van der Waals surface area (Å²) in [6.45, 7) is 2.27. The molecule has 1 N–H and O–H groups in total. The molecule has 0 aliphatic carbocycles. The van der Waals surface area contributed by atoms with Gasteiger partial charge in [0, 0.05) is 57.5 Å². The molecule has 32 heavy (non-hydrogen) atoms. The van der Waals surface area contributed by atoms with Crippen molar-refractivity contribution in [3.05, 3.63) is 30.1 Å². The summed E-state index contributed by atoms with van der Waals surface area (Å²) in [6.07, 6.45) is 1.75. The van der Waals surface area contributed by atoms with Crippen molar-refractivity contribution in [1.82, 2.24) is 19.7 Å². The molecule has 174 valence electrons. The molecule has 4 rings (SSSR count). The van der Waals surface area contributed by atoms with Crippen LogP contribution < -0.4 is 14.4 Å². The topological polar surface area (TPSA) is 75.5 Å². The number of hydrogen-bond donors (Lipinski definition) is 1. The number of piperidine rings is 1. The van der Waals surface area contributed by atoms with Crippen molar-refractivity contribution in [3.63, 3.8) is 0 Å². The van der Waals surface area contributed by atoms with Gasteiger partial charge in [0.05, 0.1) is 0 Å². The molecule has 0 aromatic carbocycles. The SMILES string of the molecule is CSNc1ccn(C(=O)N2CCC(Oc3ccc(C(F)(F)F)nc3N3CCCC3)CC2)n1. The average molecular weight is 471 g/mol. The van der Waals surface area contributed by atoms with E-state index in [-0.39, 0.29) is 18.0 Å². The van der Waals surface area contributed by atoms with E-state index in [2.05, 4.69) is 14.8 Å². The first kappa shape index (κ1) is 22.6. The standard InChI is InChI=1S/C20H25F3N6O2S/c1-32-26-17-8-13-29(25-17)19(30)28-11-6-14(7-12-28)31-15-4-5-16(20(21,22)23)24-18(15)27-9-2-3-10-27/h4-5,8,13-14H,2-3,6-7,9-12H2,1H3,(H,25,26). The third-order valence-electron chi connectivity index (χ3n) is 5.53. The molecule has 0 saturated carbocycles. The van der Waals surface area contributed by atoms with E-state index < -0.39 is 11.9 Å². The number of amides is 1. The highest BCUT2D eigenvalue weighted by Crippen LogP contribution is 2.36. The smallest absolute Gasteiger partial charge is 0.433 e. The molecule has 12 heteroatoms. The van der Waals surface area contributed by atoms with Gasteiger partial charge in [0.1, 0.15) is 11.8 Å². The highest BCUT2D eigenvalue weighted by atomic mass is 32.2. The number of hydrogen-bond acceptors (Lipinski definition) is 7. The number of ether oxygens (including phenoxy) is 1. The first-order valence-electron chi connectivity index (χ1n) is 10.5. The summed E-state index contributed by atoms with van der Waals surface area (Å²) < 4.78 is 49.9. The first-order valence-corrected chi connectivity index (χ1v) is 11.7. The van der Waals surface area contributed by atoms with Crippen molar-refractivity contribution in [2.75, 3.05) is 42.1 Å². The number of rotatable bonds is 5. The maximum Gasteiger partial charge on any atom is 0.433 e. The number of carbonyl (C=O) groups is 1. The molecule has 2 fully saturated rings. The summed E-state index contributed by atoms with van der Waals surface area (Å²) in [5.41, 5.74) is -0.915. The predicted octanol–water partition coefficient (Wildman–Crippen LogP) is 4.10. The van der Waals surface area contributed by atoms with Gasteiger partial charge in [0.15, 0.2) is 17.4 Å². The second-order valence-electron chi connectivity index (χ2n) is 7.75. The molecule has 2 aliphatic heterocycles. The van der Waals surface area contributed by atoms with Crippen LogP contribution in [-0.4, -0.2) is 64.2 Å². The Morgan fingerprint density at radius 1 is 1.16 bits per heavy atom. The number of nitrogens with zero attached hydrogens (tertiary/aromatic N) is 5. The summed E-state index contributed by atoms with van der Waals surface area (Å²) in [4.78, 5) is 20.1. The van der Waals surface area contributed by atoms with Crippen molar-refractivity contribution in [1.29, 1.82) is 0 Å². The van der Waals surface area contributed by atoms with Gasteiger partial charge in [-0.1, -0.05) is 11.9 Å². The Morgan fingerprint density at radius 2 is 1.88 bits per heavy atom. The van der Waals surface area contributed by atoms with Crippen LogP contribution in [0.1, 0.15) is 31.4 Å². The van der Waals surface area contributed by atoms with Crippen LogP contribution in [0.15, 0.2) is 24.4 Å². The summed E-state index contributed by atoms with van der Waals surface area (Å²) >= 11 is 1.39. The fourth-order valence-electron chi connectivity index (χ4n) is 3.92. The van der Waals surface area contributed by atoms with Crippen LogP contribution in [0.3, 0.4) is 0 Å². The zero-order chi connectivity index (χ0) is 22.7. The second kappa shape index (κ2) is 9.47. The Morgan fingerprint density at radius 3 is 2.53 bits per heavy atom. The van der Waals surface area contributed by atoms with E-state index in [1.807, 2.05) is 11.2 Å². The largest absolute Gasteiger partial charge is 0.486 e. The van der Waals surface area contributed by atoms with E-state index in [1.165, 1.54) is 22.7 Å². The van der Waals surface area contributed by atoms with Crippen LogP contribution in [0.5, 0.6) is 5.75 Å². The van der Waals surface area contributed by atoms with Gasteiger partial charge in [-0.2, -0.15) is 17.9 Å². The van der Waals surface area contributed by atoms with Crippen LogP contribution in [0, 0.1) is 0 Å². The van der Waals surface area contributed by atoms with Crippen molar-refractivity contribution in [3.8, 4) is 5.75 Å². The van der Waals surface area contributed by atoms with Crippen LogP contribution in [-0.2, 0) is 6.18 Å². The van der Waals surface area contributed by atoms with E-state index >= 15 is 0 Å². The van der Waals surface area contributed by atoms with Gasteiger partial charge in [0.2, 0.25) is 0 Å². The lowest BCUT2D eigenvalue weighted by atomic mass is 10.1. The van der Waals surface area contributed by atoms with Crippen LogP contribution in [0.4, 0.5) is 29.6 Å². The van der Waals surface area contributed by atoms with Gasteiger partial charge in [-0.15, -0.1) is 5.10 Å². The molecule has 0 radical (unpaired) electrons. The Balaban J connectivity index is 1.40. The van der Waals surface area contributed by atoms with Gasteiger partial charge in [-0.3, -0.25) is 0 Å². The maximum absolute atomic E-state index is 13.2. The van der Waals surface area contributed by atoms with E-state index in [4.69, 9.17) is 4.74 Å². The van der Waals surface area contributed by atoms with E-state index in [0.717, 1.165) is 18.9 Å². The summed E-state index contributed by atoms with van der Waals surface area (Å²) in [7, 11) is 0.